The zero-order valence-corrected chi connectivity index (χ0v) is 11.7. The number of nitrogens with two attached hydrogens (primary N) is 1. The van der Waals surface area contributed by atoms with E-state index in [4.69, 9.17) is 5.73 Å². The first-order valence-corrected chi connectivity index (χ1v) is 8.02. The molecule has 3 N–H and O–H groups in total. The first-order valence-electron chi connectivity index (χ1n) is 8.02. The number of aromatic amines is 1. The summed E-state index contributed by atoms with van der Waals surface area (Å²) in [5.74, 6) is 3.01. The predicted molar refractivity (Wildman–Crippen MR) is 75.8 cm³/mol. The van der Waals surface area contributed by atoms with Crippen LogP contribution >= 0.6 is 0 Å². The third kappa shape index (κ3) is 1.85. The lowest BCUT2D eigenvalue weighted by Gasteiger charge is -2.57. The van der Waals surface area contributed by atoms with Crippen molar-refractivity contribution in [2.75, 3.05) is 6.54 Å². The van der Waals surface area contributed by atoms with Gasteiger partial charge in [-0.1, -0.05) is 0 Å². The summed E-state index contributed by atoms with van der Waals surface area (Å²) in [6, 6.07) is 0. The van der Waals surface area contributed by atoms with E-state index in [1.807, 2.05) is 0 Å². The Morgan fingerprint density at radius 3 is 2.37 bits per heavy atom. The summed E-state index contributed by atoms with van der Waals surface area (Å²) >= 11 is 0. The van der Waals surface area contributed by atoms with Gasteiger partial charge in [0, 0.05) is 5.69 Å². The molecule has 4 bridgehead atoms. The highest BCUT2D eigenvalue weighted by Gasteiger charge is 2.52. The van der Waals surface area contributed by atoms with Gasteiger partial charge in [-0.15, -0.1) is 0 Å². The second-order valence-corrected chi connectivity index (χ2v) is 7.35. The van der Waals surface area contributed by atoms with E-state index < -0.39 is 0 Å². The van der Waals surface area contributed by atoms with Crippen molar-refractivity contribution in [3.8, 4) is 0 Å². The molecule has 4 fully saturated rings. The number of hydrogen-bond acceptors (Lipinski definition) is 2. The minimum Gasteiger partial charge on any atom is -0.330 e. The van der Waals surface area contributed by atoms with E-state index in [9.17, 15) is 0 Å². The van der Waals surface area contributed by atoms with Gasteiger partial charge in [-0.3, -0.25) is 5.10 Å². The molecule has 5 rings (SSSR count). The summed E-state index contributed by atoms with van der Waals surface area (Å²) in [5, 5.41) is 7.63. The van der Waals surface area contributed by atoms with Crippen molar-refractivity contribution < 1.29 is 0 Å². The molecule has 1 aromatic rings. The molecule has 104 valence electrons. The first kappa shape index (κ1) is 12.0. The van der Waals surface area contributed by atoms with Gasteiger partial charge in [-0.2, -0.15) is 5.10 Å². The van der Waals surface area contributed by atoms with Gasteiger partial charge in [0.2, 0.25) is 0 Å². The predicted octanol–water partition coefficient (Wildman–Crippen LogP) is 2.77. The Morgan fingerprint density at radius 2 is 1.79 bits per heavy atom. The zero-order chi connectivity index (χ0) is 12.9. The monoisotopic (exact) mass is 259 g/mol. The molecule has 19 heavy (non-hydrogen) atoms. The van der Waals surface area contributed by atoms with Crippen LogP contribution in [0, 0.1) is 17.8 Å². The van der Waals surface area contributed by atoms with Crippen LogP contribution < -0.4 is 5.73 Å². The molecule has 3 nitrogen and oxygen atoms in total. The molecule has 0 unspecified atom stereocenters. The third-order valence-corrected chi connectivity index (χ3v) is 5.96. The summed E-state index contributed by atoms with van der Waals surface area (Å²) in [6.07, 6.45) is 13.1. The number of aryl methyl sites for hydroxylation is 1. The van der Waals surface area contributed by atoms with Gasteiger partial charge in [0.05, 0.1) is 6.20 Å². The Balaban J connectivity index is 1.66. The van der Waals surface area contributed by atoms with Gasteiger partial charge in [0.25, 0.3) is 0 Å². The fourth-order valence-electron chi connectivity index (χ4n) is 5.68. The van der Waals surface area contributed by atoms with Crippen molar-refractivity contribution in [2.24, 2.45) is 23.5 Å². The van der Waals surface area contributed by atoms with Crippen molar-refractivity contribution in [1.82, 2.24) is 10.2 Å². The number of nitrogens with zero attached hydrogens (tertiary/aromatic N) is 1. The highest BCUT2D eigenvalue weighted by Crippen LogP contribution is 2.61. The summed E-state index contributed by atoms with van der Waals surface area (Å²) < 4.78 is 0. The maximum Gasteiger partial charge on any atom is 0.0527 e. The van der Waals surface area contributed by atoms with Crippen molar-refractivity contribution in [3.63, 3.8) is 0 Å². The zero-order valence-electron chi connectivity index (χ0n) is 11.7. The molecular weight excluding hydrogens is 234 g/mol. The second kappa shape index (κ2) is 4.34. The number of rotatable bonds is 4. The maximum absolute atomic E-state index is 5.67. The largest absolute Gasteiger partial charge is 0.330 e. The quantitative estimate of drug-likeness (QED) is 0.873. The summed E-state index contributed by atoms with van der Waals surface area (Å²) in [6.45, 7) is 0.777. The Labute approximate surface area is 115 Å². The minimum absolute atomic E-state index is 0.478. The lowest BCUT2D eigenvalue weighted by molar-refractivity contribution is -0.00557. The average molecular weight is 259 g/mol. The van der Waals surface area contributed by atoms with Gasteiger partial charge in [-0.05, 0) is 86.6 Å². The number of H-pyrrole nitrogens is 1. The van der Waals surface area contributed by atoms with Gasteiger partial charge in [0.15, 0.2) is 0 Å². The molecule has 0 saturated heterocycles. The van der Waals surface area contributed by atoms with Crippen LogP contribution in [-0.2, 0) is 11.8 Å². The fourth-order valence-corrected chi connectivity index (χ4v) is 5.68. The van der Waals surface area contributed by atoms with Crippen LogP contribution in [0.4, 0.5) is 0 Å². The third-order valence-electron chi connectivity index (χ3n) is 5.96. The Bertz CT molecular complexity index is 427. The smallest absolute Gasteiger partial charge is 0.0527 e. The number of nitrogens with one attached hydrogen (secondary N) is 1. The SMILES string of the molecule is NCCCc1[nH]ncc1C12CC3CC(CC(C3)C1)C2. The molecule has 1 heterocycles. The van der Waals surface area contributed by atoms with Crippen LogP contribution in [0.25, 0.3) is 0 Å². The minimum atomic E-state index is 0.478. The number of aromatic nitrogens is 2. The lowest BCUT2D eigenvalue weighted by atomic mass is 9.48. The molecule has 4 aliphatic rings. The van der Waals surface area contributed by atoms with Crippen LogP contribution in [0.2, 0.25) is 0 Å². The van der Waals surface area contributed by atoms with Crippen LogP contribution in [0.1, 0.15) is 56.2 Å². The van der Waals surface area contributed by atoms with Crippen molar-refractivity contribution in [3.05, 3.63) is 17.5 Å². The maximum atomic E-state index is 5.67. The van der Waals surface area contributed by atoms with E-state index in [-0.39, 0.29) is 0 Å². The van der Waals surface area contributed by atoms with Crippen LogP contribution in [0.15, 0.2) is 6.20 Å². The lowest BCUT2D eigenvalue weighted by Crippen LogP contribution is -2.48. The van der Waals surface area contributed by atoms with E-state index in [2.05, 4.69) is 16.4 Å². The highest BCUT2D eigenvalue weighted by molar-refractivity contribution is 5.31. The fraction of sp³-hybridized carbons (Fsp3) is 0.812. The normalized spacial score (nSPS) is 39.9. The molecule has 0 aromatic carbocycles. The summed E-state index contributed by atoms with van der Waals surface area (Å²) in [7, 11) is 0. The van der Waals surface area contributed by atoms with E-state index in [0.29, 0.717) is 5.41 Å². The molecule has 4 saturated carbocycles. The number of hydrogen-bond donors (Lipinski definition) is 2. The highest BCUT2D eigenvalue weighted by atomic mass is 15.1. The van der Waals surface area contributed by atoms with Crippen LogP contribution in [0.5, 0.6) is 0 Å². The van der Waals surface area contributed by atoms with Gasteiger partial charge in [-0.25, -0.2) is 0 Å². The second-order valence-electron chi connectivity index (χ2n) is 7.35. The summed E-state index contributed by atoms with van der Waals surface area (Å²) in [5.41, 5.74) is 9.08. The average Bonchev–Trinajstić information content (AvgIpc) is 2.83. The van der Waals surface area contributed by atoms with Crippen molar-refractivity contribution in [2.45, 2.75) is 56.8 Å². The van der Waals surface area contributed by atoms with Gasteiger partial charge >= 0.3 is 0 Å². The van der Waals surface area contributed by atoms with Gasteiger partial charge < -0.3 is 5.73 Å². The van der Waals surface area contributed by atoms with Gasteiger partial charge in [0.1, 0.15) is 0 Å². The van der Waals surface area contributed by atoms with E-state index in [1.54, 1.807) is 5.56 Å². The molecule has 1 aromatic heterocycles. The van der Waals surface area contributed by atoms with E-state index in [0.717, 1.165) is 37.1 Å². The topological polar surface area (TPSA) is 54.7 Å². The molecule has 0 aliphatic heterocycles. The molecule has 0 spiro atoms. The molecule has 0 amide bonds. The molecule has 4 aliphatic carbocycles. The van der Waals surface area contributed by atoms with Crippen molar-refractivity contribution in [1.29, 1.82) is 0 Å². The van der Waals surface area contributed by atoms with E-state index in [1.165, 1.54) is 44.2 Å². The summed E-state index contributed by atoms with van der Waals surface area (Å²) in [4.78, 5) is 0. The standard InChI is InChI=1S/C16H25N3/c17-3-1-2-15-14(10-18-19-15)16-7-11-4-12(8-16)6-13(5-11)9-16/h10-13H,1-9,17H2,(H,18,19). The van der Waals surface area contributed by atoms with E-state index >= 15 is 0 Å². The first-order chi connectivity index (χ1) is 9.29. The van der Waals surface area contributed by atoms with Crippen LogP contribution in [-0.4, -0.2) is 16.7 Å². The Morgan fingerprint density at radius 1 is 1.16 bits per heavy atom. The molecule has 0 radical (unpaired) electrons. The molecular formula is C16H25N3. The van der Waals surface area contributed by atoms with Crippen LogP contribution in [0.3, 0.4) is 0 Å². The van der Waals surface area contributed by atoms with Crippen molar-refractivity contribution >= 4 is 0 Å². The Kier molecular flexibility index (Phi) is 2.73. The molecule has 3 heteroatoms. The Hall–Kier alpha value is -0.830. The molecule has 0 atom stereocenters.